The average Bonchev–Trinajstić information content (AvgIpc) is 2.55. The molecule has 0 fully saturated rings. The number of rotatable bonds is 2. The fourth-order valence-corrected chi connectivity index (χ4v) is 2.10. The first kappa shape index (κ1) is 10.1. The first-order valence-electron chi connectivity index (χ1n) is 4.48. The van der Waals surface area contributed by atoms with Gasteiger partial charge in [0.15, 0.2) is 5.78 Å². The molecule has 6 heteroatoms. The molecule has 1 aromatic heterocycles. The molecule has 2 heterocycles. The van der Waals surface area contributed by atoms with E-state index in [4.69, 9.17) is 0 Å². The summed E-state index contributed by atoms with van der Waals surface area (Å²) in [5, 5.41) is 6.49. The van der Waals surface area contributed by atoms with Crippen molar-refractivity contribution in [2.24, 2.45) is 0 Å². The van der Waals surface area contributed by atoms with Gasteiger partial charge in [0.2, 0.25) is 5.91 Å². The number of ketones is 1. The lowest BCUT2D eigenvalue weighted by Crippen LogP contribution is -2.27. The van der Waals surface area contributed by atoms with Crippen molar-refractivity contribution in [1.29, 1.82) is 0 Å². The number of nitrogens with one attached hydrogen (secondary N) is 3. The minimum absolute atomic E-state index is 0.0461. The molecule has 0 bridgehead atoms. The number of hydrogen-bond donors (Lipinski definition) is 3. The number of fused-ring (bicyclic) bond motifs is 1. The van der Waals surface area contributed by atoms with Crippen LogP contribution in [0.4, 0.5) is 11.4 Å². The quantitative estimate of drug-likeness (QED) is 0.524. The molecular weight excluding hydrogens is 214 g/mol. The van der Waals surface area contributed by atoms with E-state index >= 15 is 0 Å². The van der Waals surface area contributed by atoms with Crippen LogP contribution in [-0.4, -0.2) is 29.5 Å². The first-order valence-corrected chi connectivity index (χ1v) is 5.70. The number of amides is 1. The Morgan fingerprint density at radius 3 is 2.73 bits per heavy atom. The highest BCUT2D eigenvalue weighted by atomic mass is 32.2. The highest BCUT2D eigenvalue weighted by Crippen LogP contribution is 2.37. The minimum Gasteiger partial charge on any atom is -0.373 e. The Hall–Kier alpha value is -1.43. The van der Waals surface area contributed by atoms with Gasteiger partial charge in [0.1, 0.15) is 5.69 Å². The Labute approximate surface area is 91.0 Å². The van der Waals surface area contributed by atoms with Crippen LogP contribution in [0, 0.1) is 0 Å². The van der Waals surface area contributed by atoms with Crippen LogP contribution in [0.1, 0.15) is 17.4 Å². The number of carbonyl (C=O) groups excluding carboxylic acids is 2. The molecule has 3 N–H and O–H groups in total. The molecule has 0 aromatic carbocycles. The number of H-pyrrole nitrogens is 1. The van der Waals surface area contributed by atoms with E-state index in [0.29, 0.717) is 17.1 Å². The Bertz CT molecular complexity index is 439. The normalized spacial score (nSPS) is 14.1. The molecule has 0 aliphatic carbocycles. The van der Waals surface area contributed by atoms with Crippen molar-refractivity contribution in [3.63, 3.8) is 0 Å². The van der Waals surface area contributed by atoms with E-state index in [1.165, 1.54) is 18.7 Å². The summed E-state index contributed by atoms with van der Waals surface area (Å²) < 4.78 is 0. The Balaban J connectivity index is 2.54. The Morgan fingerprint density at radius 1 is 1.40 bits per heavy atom. The molecule has 1 amide bonds. The van der Waals surface area contributed by atoms with E-state index in [1.54, 1.807) is 0 Å². The smallest absolute Gasteiger partial charge is 0.243 e. The van der Waals surface area contributed by atoms with Crippen molar-refractivity contribution in [1.82, 2.24) is 4.98 Å². The van der Waals surface area contributed by atoms with Crippen molar-refractivity contribution in [2.75, 3.05) is 23.4 Å². The number of carbonyl (C=O) groups is 2. The summed E-state index contributed by atoms with van der Waals surface area (Å²) in [6, 6.07) is 0. The molecule has 1 aromatic rings. The summed E-state index contributed by atoms with van der Waals surface area (Å²) in [4.78, 5) is 25.5. The zero-order valence-electron chi connectivity index (χ0n) is 8.43. The molecule has 0 saturated carbocycles. The van der Waals surface area contributed by atoms with Crippen LogP contribution < -0.4 is 10.6 Å². The summed E-state index contributed by atoms with van der Waals surface area (Å²) in [7, 11) is 0. The fourth-order valence-electron chi connectivity index (χ4n) is 1.54. The van der Waals surface area contributed by atoms with Gasteiger partial charge in [0.25, 0.3) is 0 Å². The van der Waals surface area contributed by atoms with Crippen LogP contribution in [0.15, 0.2) is 5.03 Å². The molecule has 0 saturated heterocycles. The summed E-state index contributed by atoms with van der Waals surface area (Å²) in [6.07, 6.45) is 1.89. The third-order valence-corrected chi connectivity index (χ3v) is 2.93. The van der Waals surface area contributed by atoms with Crippen molar-refractivity contribution in [3.8, 4) is 0 Å². The monoisotopic (exact) mass is 225 g/mol. The third-order valence-electron chi connectivity index (χ3n) is 2.21. The average molecular weight is 225 g/mol. The molecule has 80 valence electrons. The number of thioether (sulfide) groups is 1. The van der Waals surface area contributed by atoms with E-state index in [0.717, 1.165) is 5.03 Å². The second kappa shape index (κ2) is 3.62. The molecule has 2 rings (SSSR count). The summed E-state index contributed by atoms with van der Waals surface area (Å²) in [5.74, 6) is -0.137. The molecule has 0 unspecified atom stereocenters. The van der Waals surface area contributed by atoms with Crippen molar-refractivity contribution < 1.29 is 9.59 Å². The molecule has 0 atom stereocenters. The number of Topliss-reactive ketones (excluding diaryl/α,β-unsaturated/α-hetero) is 1. The zero-order valence-corrected chi connectivity index (χ0v) is 9.25. The van der Waals surface area contributed by atoms with Gasteiger partial charge < -0.3 is 15.6 Å². The second-order valence-electron chi connectivity index (χ2n) is 3.24. The maximum atomic E-state index is 11.3. The van der Waals surface area contributed by atoms with Gasteiger partial charge in [-0.25, -0.2) is 0 Å². The summed E-state index contributed by atoms with van der Waals surface area (Å²) >= 11 is 1.46. The lowest BCUT2D eigenvalue weighted by Gasteiger charge is -2.16. The van der Waals surface area contributed by atoms with Gasteiger partial charge >= 0.3 is 0 Å². The SMILES string of the molecule is CSc1[nH]c(C(C)=O)c2c1NC(=O)CN2. The number of aromatic amines is 1. The van der Waals surface area contributed by atoms with Crippen molar-refractivity contribution in [2.45, 2.75) is 11.9 Å². The molecule has 15 heavy (non-hydrogen) atoms. The van der Waals surface area contributed by atoms with Gasteiger partial charge in [-0.2, -0.15) is 0 Å². The van der Waals surface area contributed by atoms with Gasteiger partial charge in [0, 0.05) is 6.92 Å². The summed E-state index contributed by atoms with van der Waals surface area (Å²) in [6.45, 7) is 1.70. The molecule has 5 nitrogen and oxygen atoms in total. The lowest BCUT2D eigenvalue weighted by atomic mass is 10.2. The van der Waals surface area contributed by atoms with E-state index in [1.807, 2.05) is 6.26 Å². The molecular formula is C9H11N3O2S. The highest BCUT2D eigenvalue weighted by Gasteiger charge is 2.24. The van der Waals surface area contributed by atoms with Crippen LogP contribution in [0.3, 0.4) is 0 Å². The predicted octanol–water partition coefficient (Wildman–Crippen LogP) is 1.30. The standard InChI is InChI=1S/C9H11N3O2S/c1-4(13)6-7-8(9(12-6)15-2)11-5(14)3-10-7/h10,12H,3H2,1-2H3,(H,11,14). The zero-order chi connectivity index (χ0) is 11.0. The van der Waals surface area contributed by atoms with Crippen molar-refractivity contribution >= 4 is 34.8 Å². The van der Waals surface area contributed by atoms with Gasteiger partial charge in [0.05, 0.1) is 22.9 Å². The maximum absolute atomic E-state index is 11.3. The van der Waals surface area contributed by atoms with E-state index in [-0.39, 0.29) is 18.2 Å². The van der Waals surface area contributed by atoms with Crippen LogP contribution >= 0.6 is 11.8 Å². The number of hydrogen-bond acceptors (Lipinski definition) is 4. The van der Waals surface area contributed by atoms with Crippen LogP contribution in [0.25, 0.3) is 0 Å². The summed E-state index contributed by atoms with van der Waals surface area (Å²) in [5.41, 5.74) is 1.91. The van der Waals surface area contributed by atoms with Gasteiger partial charge in [-0.3, -0.25) is 9.59 Å². The van der Waals surface area contributed by atoms with Gasteiger partial charge in [-0.15, -0.1) is 11.8 Å². The molecule has 1 aliphatic heterocycles. The number of anilines is 2. The topological polar surface area (TPSA) is 74.0 Å². The lowest BCUT2D eigenvalue weighted by molar-refractivity contribution is -0.114. The third kappa shape index (κ3) is 1.61. The maximum Gasteiger partial charge on any atom is 0.243 e. The van der Waals surface area contributed by atoms with Crippen molar-refractivity contribution in [3.05, 3.63) is 5.69 Å². The van der Waals surface area contributed by atoms with E-state index in [2.05, 4.69) is 15.6 Å². The fraction of sp³-hybridized carbons (Fsp3) is 0.333. The molecule has 0 radical (unpaired) electrons. The van der Waals surface area contributed by atoms with Gasteiger partial charge in [-0.05, 0) is 6.26 Å². The number of aromatic nitrogens is 1. The van der Waals surface area contributed by atoms with Crippen LogP contribution in [0.5, 0.6) is 0 Å². The second-order valence-corrected chi connectivity index (χ2v) is 4.06. The molecule has 1 aliphatic rings. The van der Waals surface area contributed by atoms with Crippen LogP contribution in [0.2, 0.25) is 0 Å². The molecule has 0 spiro atoms. The minimum atomic E-state index is -0.0908. The Kier molecular flexibility index (Phi) is 2.44. The highest BCUT2D eigenvalue weighted by molar-refractivity contribution is 7.98. The van der Waals surface area contributed by atoms with E-state index < -0.39 is 0 Å². The van der Waals surface area contributed by atoms with Crippen LogP contribution in [-0.2, 0) is 4.79 Å². The largest absolute Gasteiger partial charge is 0.373 e. The van der Waals surface area contributed by atoms with Gasteiger partial charge in [-0.1, -0.05) is 0 Å². The first-order chi connectivity index (χ1) is 7.13. The van der Waals surface area contributed by atoms with E-state index in [9.17, 15) is 9.59 Å². The Morgan fingerprint density at radius 2 is 2.13 bits per heavy atom. The predicted molar refractivity (Wildman–Crippen MR) is 59.7 cm³/mol.